The van der Waals surface area contributed by atoms with Crippen molar-refractivity contribution in [1.29, 1.82) is 5.26 Å². The van der Waals surface area contributed by atoms with Crippen molar-refractivity contribution in [3.05, 3.63) is 29.3 Å². The van der Waals surface area contributed by atoms with Gasteiger partial charge in [0.25, 0.3) is 10.0 Å². The summed E-state index contributed by atoms with van der Waals surface area (Å²) < 4.78 is 65.1. The number of rotatable bonds is 2. The molecule has 1 heterocycles. The number of anilines is 1. The number of sulfonamides is 1. The van der Waals surface area contributed by atoms with Crippen LogP contribution in [-0.4, -0.2) is 30.8 Å². The third-order valence-electron chi connectivity index (χ3n) is 6.33. The van der Waals surface area contributed by atoms with Crippen LogP contribution in [0.1, 0.15) is 30.4 Å². The number of carboxylic acids is 1. The number of carboxylic acid groups (broad SMARTS) is 1. The average Bonchev–Trinajstić information content (AvgIpc) is 3.23. The predicted octanol–water partition coefficient (Wildman–Crippen LogP) is 2.60. The van der Waals surface area contributed by atoms with Crippen LogP contribution in [0.15, 0.2) is 18.2 Å². The van der Waals surface area contributed by atoms with E-state index in [-0.39, 0.29) is 18.2 Å². The molecule has 2 aliphatic carbocycles. The van der Waals surface area contributed by atoms with E-state index in [1.165, 1.54) is 6.07 Å². The number of nitrogens with zero attached hydrogens (tertiary/aromatic N) is 2. The standard InChI is InChI=1S/C17H15F3N2O4S/c18-17(19,20)13-6-12(4-2-10(13)7-21)22-8-14-9-1-3-11(5-9)16(14,15(23)24)27(22,25)26/h2,4,6,9,11,14H,1,3,5,8H2,(H,23,24)/t9-,11+,14+,16-/m1/s1. The number of nitriles is 1. The molecule has 1 N–H and O–H groups in total. The smallest absolute Gasteiger partial charge is 0.417 e. The number of hydrogen-bond acceptors (Lipinski definition) is 4. The first-order valence-electron chi connectivity index (χ1n) is 8.42. The second kappa shape index (κ2) is 5.38. The van der Waals surface area contributed by atoms with E-state index in [0.29, 0.717) is 18.9 Å². The lowest BCUT2D eigenvalue weighted by Gasteiger charge is -2.32. The maximum Gasteiger partial charge on any atom is 0.417 e. The Hall–Kier alpha value is -2.28. The largest absolute Gasteiger partial charge is 0.480 e. The summed E-state index contributed by atoms with van der Waals surface area (Å²) in [6, 6.07) is 4.12. The van der Waals surface area contributed by atoms with Crippen molar-refractivity contribution in [2.24, 2.45) is 17.8 Å². The Morgan fingerprint density at radius 1 is 1.33 bits per heavy atom. The molecular weight excluding hydrogens is 385 g/mol. The van der Waals surface area contributed by atoms with Gasteiger partial charge in [-0.05, 0) is 49.3 Å². The normalized spacial score (nSPS) is 33.7. The number of hydrogen-bond donors (Lipinski definition) is 1. The lowest BCUT2D eigenvalue weighted by Crippen LogP contribution is -2.54. The number of aliphatic carboxylic acids is 1. The minimum absolute atomic E-state index is 0.0636. The molecule has 6 nitrogen and oxygen atoms in total. The van der Waals surface area contributed by atoms with Gasteiger partial charge in [-0.3, -0.25) is 9.10 Å². The van der Waals surface area contributed by atoms with Crippen LogP contribution in [-0.2, 0) is 21.0 Å². The van der Waals surface area contributed by atoms with Gasteiger partial charge in [-0.15, -0.1) is 0 Å². The summed E-state index contributed by atoms with van der Waals surface area (Å²) in [6.07, 6.45) is -3.09. The molecule has 1 aromatic carbocycles. The number of benzene rings is 1. The molecule has 0 unspecified atom stereocenters. The van der Waals surface area contributed by atoms with Crippen molar-refractivity contribution in [2.45, 2.75) is 30.2 Å². The van der Waals surface area contributed by atoms with Gasteiger partial charge in [0.2, 0.25) is 0 Å². The molecule has 1 aromatic rings. The van der Waals surface area contributed by atoms with Crippen LogP contribution in [0.25, 0.3) is 0 Å². The average molecular weight is 400 g/mol. The van der Waals surface area contributed by atoms with E-state index < -0.39 is 49.9 Å². The Bertz CT molecular complexity index is 985. The highest BCUT2D eigenvalue weighted by molar-refractivity contribution is 7.95. The van der Waals surface area contributed by atoms with Gasteiger partial charge < -0.3 is 5.11 Å². The summed E-state index contributed by atoms with van der Waals surface area (Å²) in [6.45, 7) is -0.154. The van der Waals surface area contributed by atoms with Crippen LogP contribution >= 0.6 is 0 Å². The highest BCUT2D eigenvalue weighted by atomic mass is 32.2. The molecule has 4 rings (SSSR count). The predicted molar refractivity (Wildman–Crippen MR) is 87.1 cm³/mol. The van der Waals surface area contributed by atoms with Gasteiger partial charge in [0.05, 0.1) is 22.9 Å². The highest BCUT2D eigenvalue weighted by Gasteiger charge is 2.75. The van der Waals surface area contributed by atoms with Crippen molar-refractivity contribution in [1.82, 2.24) is 0 Å². The van der Waals surface area contributed by atoms with Gasteiger partial charge in [-0.2, -0.15) is 18.4 Å². The molecule has 0 amide bonds. The molecule has 27 heavy (non-hydrogen) atoms. The molecule has 4 atom stereocenters. The molecule has 3 aliphatic rings. The second-order valence-electron chi connectivity index (χ2n) is 7.35. The summed E-state index contributed by atoms with van der Waals surface area (Å²) in [5.41, 5.74) is -2.10. The zero-order chi connectivity index (χ0) is 19.8. The van der Waals surface area contributed by atoms with Crippen molar-refractivity contribution in [2.75, 3.05) is 10.8 Å². The lowest BCUT2D eigenvalue weighted by molar-refractivity contribution is -0.143. The highest BCUT2D eigenvalue weighted by Crippen LogP contribution is 2.62. The van der Waals surface area contributed by atoms with Gasteiger partial charge >= 0.3 is 12.1 Å². The Morgan fingerprint density at radius 2 is 2.04 bits per heavy atom. The molecule has 2 bridgehead atoms. The van der Waals surface area contributed by atoms with Crippen molar-refractivity contribution < 1.29 is 31.5 Å². The zero-order valence-corrected chi connectivity index (χ0v) is 14.7. The van der Waals surface area contributed by atoms with Gasteiger partial charge in [-0.1, -0.05) is 0 Å². The molecule has 3 fully saturated rings. The lowest BCUT2D eigenvalue weighted by atomic mass is 9.78. The summed E-state index contributed by atoms with van der Waals surface area (Å²) >= 11 is 0. The first-order chi connectivity index (χ1) is 12.5. The zero-order valence-electron chi connectivity index (χ0n) is 13.9. The molecule has 0 spiro atoms. The van der Waals surface area contributed by atoms with Crippen LogP contribution in [0, 0.1) is 29.1 Å². The number of alkyl halides is 3. The molecular formula is C17H15F3N2O4S. The third-order valence-corrected chi connectivity index (χ3v) is 8.93. The number of carbonyl (C=O) groups is 1. The fourth-order valence-corrected chi connectivity index (χ4v) is 7.90. The van der Waals surface area contributed by atoms with Crippen molar-refractivity contribution >= 4 is 21.7 Å². The van der Waals surface area contributed by atoms with E-state index in [4.69, 9.17) is 5.26 Å². The van der Waals surface area contributed by atoms with Crippen LogP contribution in [0.2, 0.25) is 0 Å². The molecule has 2 saturated carbocycles. The van der Waals surface area contributed by atoms with E-state index in [1.807, 2.05) is 0 Å². The van der Waals surface area contributed by atoms with E-state index in [9.17, 15) is 31.5 Å². The van der Waals surface area contributed by atoms with Gasteiger partial charge in [0.1, 0.15) is 0 Å². The quantitative estimate of drug-likeness (QED) is 0.823. The first-order valence-corrected chi connectivity index (χ1v) is 9.86. The summed E-state index contributed by atoms with van der Waals surface area (Å²) in [5, 5.41) is 18.7. The molecule has 1 saturated heterocycles. The Kier molecular flexibility index (Phi) is 3.60. The van der Waals surface area contributed by atoms with Gasteiger partial charge in [-0.25, -0.2) is 8.42 Å². The molecule has 1 aliphatic heterocycles. The Balaban J connectivity index is 1.86. The van der Waals surface area contributed by atoms with E-state index in [0.717, 1.165) is 22.9 Å². The van der Waals surface area contributed by atoms with E-state index >= 15 is 0 Å². The number of halogens is 3. The monoisotopic (exact) mass is 400 g/mol. The van der Waals surface area contributed by atoms with Crippen LogP contribution in [0.3, 0.4) is 0 Å². The van der Waals surface area contributed by atoms with Crippen molar-refractivity contribution in [3.63, 3.8) is 0 Å². The summed E-state index contributed by atoms with van der Waals surface area (Å²) in [5.74, 6) is -2.66. The van der Waals surface area contributed by atoms with Crippen LogP contribution in [0.5, 0.6) is 0 Å². The second-order valence-corrected chi connectivity index (χ2v) is 9.42. The Morgan fingerprint density at radius 3 is 2.59 bits per heavy atom. The summed E-state index contributed by atoms with van der Waals surface area (Å²) in [7, 11) is -4.41. The minimum atomic E-state index is -4.83. The van der Waals surface area contributed by atoms with E-state index in [2.05, 4.69) is 0 Å². The first kappa shape index (κ1) is 18.1. The topological polar surface area (TPSA) is 98.5 Å². The molecule has 0 radical (unpaired) electrons. The van der Waals surface area contributed by atoms with Crippen LogP contribution in [0.4, 0.5) is 18.9 Å². The fraction of sp³-hybridized carbons (Fsp3) is 0.529. The number of fused-ring (bicyclic) bond motifs is 5. The Labute approximate surface area is 153 Å². The summed E-state index contributed by atoms with van der Waals surface area (Å²) in [4.78, 5) is 12.1. The SMILES string of the molecule is N#Cc1ccc(N2C[C@H]3[C@@H]4CC[C@@H](C4)[C@@]3(C(=O)O)S2(=O)=O)cc1C(F)(F)F. The van der Waals surface area contributed by atoms with Crippen molar-refractivity contribution in [3.8, 4) is 6.07 Å². The van der Waals surface area contributed by atoms with Crippen LogP contribution < -0.4 is 4.31 Å². The molecule has 144 valence electrons. The third kappa shape index (κ3) is 2.12. The minimum Gasteiger partial charge on any atom is -0.480 e. The molecule has 10 heteroatoms. The molecule has 0 aromatic heterocycles. The maximum atomic E-state index is 13.3. The fourth-order valence-electron chi connectivity index (χ4n) is 5.28. The maximum absolute atomic E-state index is 13.3. The van der Waals surface area contributed by atoms with Gasteiger partial charge in [0, 0.05) is 12.5 Å². The van der Waals surface area contributed by atoms with Gasteiger partial charge in [0.15, 0.2) is 4.75 Å². The van der Waals surface area contributed by atoms with E-state index in [1.54, 1.807) is 0 Å².